The second-order valence-corrected chi connectivity index (χ2v) is 9.69. The number of thiophene rings is 1. The topological polar surface area (TPSA) is 80.1 Å². The van der Waals surface area contributed by atoms with Gasteiger partial charge < -0.3 is 10.2 Å². The molecule has 152 valence electrons. The number of rotatable bonds is 4. The second-order valence-electron chi connectivity index (χ2n) is 6.98. The summed E-state index contributed by atoms with van der Waals surface area (Å²) in [6, 6.07) is 3.82. The number of halogens is 1. The summed E-state index contributed by atoms with van der Waals surface area (Å²) in [5, 5.41) is 7.88. The Morgan fingerprint density at radius 3 is 2.62 bits per heavy atom. The number of aryl methyl sites for hydroxylation is 2. The zero-order valence-corrected chi connectivity index (χ0v) is 18.4. The number of likely N-dealkylation sites (tertiary alicyclic amines) is 1. The third kappa shape index (κ3) is 4.36. The average molecular weight is 450 g/mol. The summed E-state index contributed by atoms with van der Waals surface area (Å²) in [6.45, 7) is 3.08. The monoisotopic (exact) mass is 449 g/mol. The molecule has 1 fully saturated rings. The van der Waals surface area contributed by atoms with Crippen molar-refractivity contribution in [2.24, 2.45) is 7.05 Å². The standard InChI is InChI=1S/C19H20ClN5O2S2/c1-11-16(29-18(22-11)14-3-4-15(20)28-14)19(27)25-7-5-13(6-8-25)23-17(26)12-9-21-24(2)10-12/h3-4,9-10,13H,5-8H2,1-2H3,(H,23,26). The zero-order valence-electron chi connectivity index (χ0n) is 16.0. The van der Waals surface area contributed by atoms with Crippen LogP contribution >= 0.6 is 34.3 Å². The molecule has 1 N–H and O–H groups in total. The number of carbonyl (C=O) groups excluding carboxylic acids is 2. The molecular weight excluding hydrogens is 430 g/mol. The first kappa shape index (κ1) is 20.1. The number of piperidine rings is 1. The van der Waals surface area contributed by atoms with Crippen LogP contribution in [-0.2, 0) is 7.05 Å². The van der Waals surface area contributed by atoms with E-state index in [1.807, 2.05) is 24.0 Å². The van der Waals surface area contributed by atoms with Crippen LogP contribution < -0.4 is 5.32 Å². The van der Waals surface area contributed by atoms with Gasteiger partial charge in [-0.3, -0.25) is 14.3 Å². The van der Waals surface area contributed by atoms with Crippen molar-refractivity contribution in [3.8, 4) is 9.88 Å². The lowest BCUT2D eigenvalue weighted by Gasteiger charge is -2.32. The largest absolute Gasteiger partial charge is 0.349 e. The van der Waals surface area contributed by atoms with Crippen LogP contribution in [0.15, 0.2) is 24.5 Å². The van der Waals surface area contributed by atoms with E-state index in [0.29, 0.717) is 27.9 Å². The summed E-state index contributed by atoms with van der Waals surface area (Å²) in [5.74, 6) is -0.119. The van der Waals surface area contributed by atoms with Gasteiger partial charge in [0.05, 0.1) is 26.7 Å². The van der Waals surface area contributed by atoms with Gasteiger partial charge >= 0.3 is 0 Å². The van der Waals surface area contributed by atoms with Gasteiger partial charge in [-0.1, -0.05) is 11.6 Å². The Kier molecular flexibility index (Phi) is 5.71. The Bertz CT molecular complexity index is 1050. The van der Waals surface area contributed by atoms with E-state index in [2.05, 4.69) is 15.4 Å². The van der Waals surface area contributed by atoms with E-state index >= 15 is 0 Å². The highest BCUT2D eigenvalue weighted by atomic mass is 35.5. The number of hydrogen-bond donors (Lipinski definition) is 1. The summed E-state index contributed by atoms with van der Waals surface area (Å²) < 4.78 is 2.31. The highest BCUT2D eigenvalue weighted by Crippen LogP contribution is 2.35. The van der Waals surface area contributed by atoms with Crippen LogP contribution in [0.1, 0.15) is 38.6 Å². The third-order valence-electron chi connectivity index (χ3n) is 4.86. The highest BCUT2D eigenvalue weighted by molar-refractivity contribution is 7.24. The number of hydrogen-bond acceptors (Lipinski definition) is 6. The van der Waals surface area contributed by atoms with Crippen molar-refractivity contribution >= 4 is 46.1 Å². The summed E-state index contributed by atoms with van der Waals surface area (Å²) in [4.78, 5) is 33.3. The van der Waals surface area contributed by atoms with E-state index in [0.717, 1.165) is 28.4 Å². The van der Waals surface area contributed by atoms with Crippen molar-refractivity contribution in [3.05, 3.63) is 45.0 Å². The number of thiazole rings is 1. The van der Waals surface area contributed by atoms with Gasteiger partial charge in [-0.15, -0.1) is 22.7 Å². The maximum Gasteiger partial charge on any atom is 0.265 e. The van der Waals surface area contributed by atoms with E-state index in [9.17, 15) is 9.59 Å². The molecule has 4 heterocycles. The molecule has 0 radical (unpaired) electrons. The Balaban J connectivity index is 1.37. The molecule has 1 aliphatic rings. The quantitative estimate of drug-likeness (QED) is 0.659. The van der Waals surface area contributed by atoms with Crippen LogP contribution in [0, 0.1) is 6.92 Å². The van der Waals surface area contributed by atoms with Crippen LogP contribution in [-0.4, -0.2) is 50.6 Å². The van der Waals surface area contributed by atoms with Gasteiger partial charge in [0.25, 0.3) is 11.8 Å². The molecule has 3 aromatic rings. The molecule has 0 aromatic carbocycles. The molecule has 3 aromatic heterocycles. The van der Waals surface area contributed by atoms with Crippen molar-refractivity contribution < 1.29 is 9.59 Å². The number of amides is 2. The van der Waals surface area contributed by atoms with Gasteiger partial charge in [-0.2, -0.15) is 5.10 Å². The smallest absolute Gasteiger partial charge is 0.265 e. The lowest BCUT2D eigenvalue weighted by Crippen LogP contribution is -2.46. The van der Waals surface area contributed by atoms with E-state index in [4.69, 9.17) is 11.6 Å². The molecule has 0 aliphatic carbocycles. The number of nitrogens with one attached hydrogen (secondary N) is 1. The van der Waals surface area contributed by atoms with Crippen LogP contribution in [0.25, 0.3) is 9.88 Å². The zero-order chi connectivity index (χ0) is 20.5. The minimum atomic E-state index is -0.125. The summed E-state index contributed by atoms with van der Waals surface area (Å²) in [5.41, 5.74) is 1.29. The van der Waals surface area contributed by atoms with Gasteiger partial charge in [0.1, 0.15) is 9.88 Å². The van der Waals surface area contributed by atoms with Crippen molar-refractivity contribution in [2.45, 2.75) is 25.8 Å². The van der Waals surface area contributed by atoms with Gasteiger partial charge in [0, 0.05) is 32.4 Å². The summed E-state index contributed by atoms with van der Waals surface area (Å²) in [7, 11) is 1.78. The van der Waals surface area contributed by atoms with Crippen molar-refractivity contribution in [3.63, 3.8) is 0 Å². The highest BCUT2D eigenvalue weighted by Gasteiger charge is 2.27. The first-order chi connectivity index (χ1) is 13.9. The van der Waals surface area contributed by atoms with Crippen molar-refractivity contribution in [1.29, 1.82) is 0 Å². The third-order valence-corrected chi connectivity index (χ3v) is 7.41. The van der Waals surface area contributed by atoms with Crippen LogP contribution in [0.5, 0.6) is 0 Å². The molecule has 10 heteroatoms. The van der Waals surface area contributed by atoms with Crippen LogP contribution in [0.3, 0.4) is 0 Å². The Labute approximate surface area is 181 Å². The normalized spacial score (nSPS) is 14.9. The van der Waals surface area contributed by atoms with E-state index in [1.165, 1.54) is 22.7 Å². The molecule has 0 spiro atoms. The average Bonchev–Trinajstić information content (AvgIpc) is 3.42. The predicted octanol–water partition coefficient (Wildman–Crippen LogP) is 3.60. The Hall–Kier alpha value is -2.23. The Morgan fingerprint density at radius 2 is 2.00 bits per heavy atom. The van der Waals surface area contributed by atoms with Crippen LogP contribution in [0.2, 0.25) is 4.34 Å². The van der Waals surface area contributed by atoms with Gasteiger partial charge in [-0.25, -0.2) is 4.98 Å². The Morgan fingerprint density at radius 1 is 1.24 bits per heavy atom. The minimum Gasteiger partial charge on any atom is -0.349 e. The summed E-state index contributed by atoms with van der Waals surface area (Å²) in [6.07, 6.45) is 4.70. The first-order valence-corrected chi connectivity index (χ1v) is 11.2. The SMILES string of the molecule is Cc1nc(-c2ccc(Cl)s2)sc1C(=O)N1CCC(NC(=O)c2cnn(C)c2)CC1. The lowest BCUT2D eigenvalue weighted by atomic mass is 10.0. The van der Waals surface area contributed by atoms with Crippen LogP contribution in [0.4, 0.5) is 0 Å². The molecule has 7 nitrogen and oxygen atoms in total. The number of nitrogens with zero attached hydrogens (tertiary/aromatic N) is 4. The van der Waals surface area contributed by atoms with Gasteiger partial charge in [-0.05, 0) is 31.9 Å². The minimum absolute atomic E-state index is 0.00550. The van der Waals surface area contributed by atoms with Crippen molar-refractivity contribution in [1.82, 2.24) is 25.0 Å². The first-order valence-electron chi connectivity index (χ1n) is 9.22. The molecule has 0 saturated carbocycles. The fourth-order valence-electron chi connectivity index (χ4n) is 3.31. The van der Waals surface area contributed by atoms with Crippen molar-refractivity contribution in [2.75, 3.05) is 13.1 Å². The summed E-state index contributed by atoms with van der Waals surface area (Å²) >= 11 is 8.88. The molecule has 0 unspecified atom stereocenters. The molecule has 1 saturated heterocycles. The molecular formula is C19H20ClN5O2S2. The molecule has 29 heavy (non-hydrogen) atoms. The van der Waals surface area contributed by atoms with E-state index in [1.54, 1.807) is 24.1 Å². The fourth-order valence-corrected chi connectivity index (χ4v) is 5.44. The molecule has 0 atom stereocenters. The second kappa shape index (κ2) is 8.25. The van der Waals surface area contributed by atoms with Gasteiger partial charge in [0.15, 0.2) is 0 Å². The van der Waals surface area contributed by atoms with Gasteiger partial charge in [0.2, 0.25) is 0 Å². The number of carbonyl (C=O) groups is 2. The molecule has 4 rings (SSSR count). The maximum absolute atomic E-state index is 13.0. The lowest BCUT2D eigenvalue weighted by molar-refractivity contribution is 0.0702. The van der Waals surface area contributed by atoms with E-state index in [-0.39, 0.29) is 17.9 Å². The fraction of sp³-hybridized carbons (Fsp3) is 0.368. The predicted molar refractivity (Wildman–Crippen MR) is 115 cm³/mol. The number of aromatic nitrogens is 3. The molecule has 2 amide bonds. The maximum atomic E-state index is 13.0. The molecule has 1 aliphatic heterocycles. The van der Waals surface area contributed by atoms with E-state index < -0.39 is 0 Å². The molecule has 0 bridgehead atoms.